The van der Waals surface area contributed by atoms with Crippen LogP contribution in [0.5, 0.6) is 5.75 Å². The Morgan fingerprint density at radius 3 is 2.65 bits per heavy atom. The number of carbonyl (C=O) groups excluding carboxylic acids is 1. The van der Waals surface area contributed by atoms with Crippen LogP contribution in [0.15, 0.2) is 58.6 Å². The molecule has 5 heteroatoms. The van der Waals surface area contributed by atoms with Crippen molar-refractivity contribution in [1.82, 2.24) is 5.32 Å². The number of nitrogens with zero attached hydrogens (tertiary/aromatic N) is 1. The molecule has 2 aromatic carbocycles. The van der Waals surface area contributed by atoms with Crippen molar-refractivity contribution in [2.24, 2.45) is 0 Å². The third-order valence-corrected chi connectivity index (χ3v) is 4.48. The number of nitriles is 1. The van der Waals surface area contributed by atoms with Crippen molar-refractivity contribution >= 4 is 27.9 Å². The van der Waals surface area contributed by atoms with Gasteiger partial charge in [0.1, 0.15) is 24.0 Å². The Bertz CT molecular complexity index is 826. The normalized spacial score (nSPS) is 12.2. The quantitative estimate of drug-likeness (QED) is 0.522. The van der Waals surface area contributed by atoms with Crippen molar-refractivity contribution in [3.63, 3.8) is 0 Å². The Hall–Kier alpha value is -2.58. The molecule has 0 heterocycles. The minimum Gasteiger partial charge on any atom is -0.488 e. The van der Waals surface area contributed by atoms with Crippen LogP contribution in [0, 0.1) is 11.3 Å². The van der Waals surface area contributed by atoms with E-state index in [2.05, 4.69) is 21.2 Å². The summed E-state index contributed by atoms with van der Waals surface area (Å²) in [6.07, 6.45) is 2.38. The molecule has 0 bridgehead atoms. The molecule has 1 atom stereocenters. The van der Waals surface area contributed by atoms with Crippen LogP contribution >= 0.6 is 15.9 Å². The molecule has 0 saturated heterocycles. The fourth-order valence-corrected chi connectivity index (χ4v) is 2.69. The summed E-state index contributed by atoms with van der Waals surface area (Å²) in [7, 11) is 0. The molecule has 1 amide bonds. The third-order valence-electron chi connectivity index (χ3n) is 3.86. The standard InChI is InChI=1S/C21H21BrN2O2/c1-3-15(2)24-21(25)18(13-23)11-17-9-10-20(19(22)12-17)26-14-16-7-5-4-6-8-16/h4-12,15H,3,14H2,1-2H3,(H,24,25)/b18-11+/t15-/m1/s1. The van der Waals surface area contributed by atoms with Crippen LogP contribution in [-0.2, 0) is 11.4 Å². The number of amides is 1. The lowest BCUT2D eigenvalue weighted by molar-refractivity contribution is -0.117. The third kappa shape index (κ3) is 5.75. The molecule has 4 nitrogen and oxygen atoms in total. The van der Waals surface area contributed by atoms with Gasteiger partial charge in [0.15, 0.2) is 0 Å². The molecule has 0 saturated carbocycles. The van der Waals surface area contributed by atoms with E-state index in [0.717, 1.165) is 22.0 Å². The number of hydrogen-bond donors (Lipinski definition) is 1. The first-order valence-corrected chi connectivity index (χ1v) is 9.21. The van der Waals surface area contributed by atoms with Crippen LogP contribution in [0.4, 0.5) is 0 Å². The zero-order valence-corrected chi connectivity index (χ0v) is 16.4. The molecule has 0 aliphatic heterocycles. The molecule has 0 fully saturated rings. The zero-order valence-electron chi connectivity index (χ0n) is 14.8. The van der Waals surface area contributed by atoms with Crippen molar-refractivity contribution in [2.75, 3.05) is 0 Å². The Morgan fingerprint density at radius 1 is 1.31 bits per heavy atom. The maximum atomic E-state index is 12.1. The summed E-state index contributed by atoms with van der Waals surface area (Å²) in [5.74, 6) is 0.343. The van der Waals surface area contributed by atoms with Crippen LogP contribution in [0.2, 0.25) is 0 Å². The van der Waals surface area contributed by atoms with E-state index in [-0.39, 0.29) is 17.5 Å². The zero-order chi connectivity index (χ0) is 18.9. The van der Waals surface area contributed by atoms with Crippen molar-refractivity contribution < 1.29 is 9.53 Å². The number of halogens is 1. The lowest BCUT2D eigenvalue weighted by Gasteiger charge is -2.11. The van der Waals surface area contributed by atoms with Crippen molar-refractivity contribution in [2.45, 2.75) is 32.9 Å². The fraction of sp³-hybridized carbons (Fsp3) is 0.238. The number of carbonyl (C=O) groups is 1. The first-order valence-electron chi connectivity index (χ1n) is 8.42. The van der Waals surface area contributed by atoms with Gasteiger partial charge in [-0.3, -0.25) is 4.79 Å². The second-order valence-corrected chi connectivity index (χ2v) is 6.77. The predicted molar refractivity (Wildman–Crippen MR) is 106 cm³/mol. The monoisotopic (exact) mass is 412 g/mol. The van der Waals surface area contributed by atoms with E-state index in [0.29, 0.717) is 12.4 Å². The van der Waals surface area contributed by atoms with Gasteiger partial charge in [0.05, 0.1) is 4.47 Å². The van der Waals surface area contributed by atoms with Crippen LogP contribution in [0.1, 0.15) is 31.4 Å². The van der Waals surface area contributed by atoms with Gasteiger partial charge in [-0.05, 0) is 58.6 Å². The molecule has 2 rings (SSSR count). The Kier molecular flexibility index (Phi) is 7.43. The molecule has 0 unspecified atom stereocenters. The highest BCUT2D eigenvalue weighted by atomic mass is 79.9. The smallest absolute Gasteiger partial charge is 0.262 e. The fourth-order valence-electron chi connectivity index (χ4n) is 2.18. The summed E-state index contributed by atoms with van der Waals surface area (Å²) in [4.78, 5) is 12.1. The molecular formula is C21H21BrN2O2. The first kappa shape index (κ1) is 19.7. The van der Waals surface area contributed by atoms with E-state index < -0.39 is 0 Å². The lowest BCUT2D eigenvalue weighted by Crippen LogP contribution is -2.32. The van der Waals surface area contributed by atoms with Gasteiger partial charge in [-0.1, -0.05) is 43.3 Å². The van der Waals surface area contributed by atoms with E-state index in [9.17, 15) is 10.1 Å². The van der Waals surface area contributed by atoms with Gasteiger partial charge in [0.2, 0.25) is 0 Å². The van der Waals surface area contributed by atoms with Crippen LogP contribution in [-0.4, -0.2) is 11.9 Å². The summed E-state index contributed by atoms with van der Waals surface area (Å²) in [6.45, 7) is 4.35. The van der Waals surface area contributed by atoms with E-state index in [4.69, 9.17) is 4.74 Å². The van der Waals surface area contributed by atoms with Crippen molar-refractivity contribution in [3.8, 4) is 11.8 Å². The molecule has 2 aromatic rings. The Balaban J connectivity index is 2.10. The number of ether oxygens (including phenoxy) is 1. The van der Waals surface area contributed by atoms with Gasteiger partial charge in [-0.15, -0.1) is 0 Å². The van der Waals surface area contributed by atoms with Crippen LogP contribution in [0.25, 0.3) is 6.08 Å². The molecule has 1 N–H and O–H groups in total. The summed E-state index contributed by atoms with van der Waals surface area (Å²) < 4.78 is 6.58. The first-order chi connectivity index (χ1) is 12.5. The Morgan fingerprint density at radius 2 is 2.04 bits per heavy atom. The largest absolute Gasteiger partial charge is 0.488 e. The average molecular weight is 413 g/mol. The van der Waals surface area contributed by atoms with Gasteiger partial charge in [0, 0.05) is 6.04 Å². The highest BCUT2D eigenvalue weighted by Gasteiger charge is 2.12. The maximum absolute atomic E-state index is 12.1. The van der Waals surface area contributed by atoms with E-state index >= 15 is 0 Å². The topological polar surface area (TPSA) is 62.1 Å². The van der Waals surface area contributed by atoms with E-state index in [1.807, 2.05) is 68.4 Å². The molecule has 0 radical (unpaired) electrons. The molecule has 0 aromatic heterocycles. The van der Waals surface area contributed by atoms with Crippen molar-refractivity contribution in [3.05, 3.63) is 69.7 Å². The maximum Gasteiger partial charge on any atom is 0.262 e. The van der Waals surface area contributed by atoms with E-state index in [1.54, 1.807) is 6.08 Å². The summed E-state index contributed by atoms with van der Waals surface area (Å²) >= 11 is 3.48. The van der Waals surface area contributed by atoms with Gasteiger partial charge >= 0.3 is 0 Å². The predicted octanol–water partition coefficient (Wildman–Crippen LogP) is 4.85. The van der Waals surface area contributed by atoms with Crippen LogP contribution in [0.3, 0.4) is 0 Å². The minimum atomic E-state index is -0.359. The summed E-state index contributed by atoms with van der Waals surface area (Å²) in [5, 5.41) is 12.1. The van der Waals surface area contributed by atoms with Gasteiger partial charge in [0.25, 0.3) is 5.91 Å². The molecule has 0 aliphatic rings. The van der Waals surface area contributed by atoms with Gasteiger partial charge in [-0.25, -0.2) is 0 Å². The van der Waals surface area contributed by atoms with Crippen molar-refractivity contribution in [1.29, 1.82) is 5.26 Å². The number of benzene rings is 2. The summed E-state index contributed by atoms with van der Waals surface area (Å²) in [6, 6.07) is 17.4. The second kappa shape index (κ2) is 9.79. The molecule has 0 aliphatic carbocycles. The highest BCUT2D eigenvalue weighted by molar-refractivity contribution is 9.10. The molecular weight excluding hydrogens is 392 g/mol. The lowest BCUT2D eigenvalue weighted by atomic mass is 10.1. The van der Waals surface area contributed by atoms with Crippen LogP contribution < -0.4 is 10.1 Å². The summed E-state index contributed by atoms with van der Waals surface area (Å²) in [5.41, 5.74) is 1.91. The number of rotatable bonds is 7. The molecule has 0 spiro atoms. The SMILES string of the molecule is CC[C@@H](C)NC(=O)/C(C#N)=C/c1ccc(OCc2ccccc2)c(Br)c1. The molecule has 26 heavy (non-hydrogen) atoms. The number of nitrogens with one attached hydrogen (secondary N) is 1. The highest BCUT2D eigenvalue weighted by Crippen LogP contribution is 2.27. The number of hydrogen-bond acceptors (Lipinski definition) is 3. The molecule has 134 valence electrons. The average Bonchev–Trinajstić information content (AvgIpc) is 2.66. The second-order valence-electron chi connectivity index (χ2n) is 5.92. The van der Waals surface area contributed by atoms with Gasteiger partial charge in [-0.2, -0.15) is 5.26 Å². The van der Waals surface area contributed by atoms with Gasteiger partial charge < -0.3 is 10.1 Å². The van der Waals surface area contributed by atoms with E-state index in [1.165, 1.54) is 0 Å². The Labute approximate surface area is 162 Å². The minimum absolute atomic E-state index is 0.0275.